The van der Waals surface area contributed by atoms with E-state index >= 15 is 0 Å². The third-order valence-corrected chi connectivity index (χ3v) is 2.45. The number of fused-ring (bicyclic) bond motifs is 1. The molecule has 6 heteroatoms. The van der Waals surface area contributed by atoms with Crippen LogP contribution in [0.3, 0.4) is 0 Å². The maximum absolute atomic E-state index is 10.7. The summed E-state index contributed by atoms with van der Waals surface area (Å²) in [5, 5.41) is 16.7. The third-order valence-electron chi connectivity index (χ3n) is 2.45. The van der Waals surface area contributed by atoms with Gasteiger partial charge in [-0.2, -0.15) is 0 Å². The van der Waals surface area contributed by atoms with Crippen LogP contribution in [0.4, 0.5) is 0 Å². The standard InChI is InChI=1S/C10H12N4O2/c1-2-7-12-13-8-5-6(3-4-14(7)8)9(11)10(15)16/h3-5,9H,2,11H2,1H3,(H,15,16). The van der Waals surface area contributed by atoms with E-state index in [-0.39, 0.29) is 0 Å². The molecular weight excluding hydrogens is 208 g/mol. The Balaban J connectivity index is 2.49. The highest BCUT2D eigenvalue weighted by Gasteiger charge is 2.15. The summed E-state index contributed by atoms with van der Waals surface area (Å²) in [6.07, 6.45) is 2.51. The largest absolute Gasteiger partial charge is 0.480 e. The lowest BCUT2D eigenvalue weighted by Crippen LogP contribution is -2.20. The molecular formula is C10H12N4O2. The first-order valence-electron chi connectivity index (χ1n) is 4.95. The van der Waals surface area contributed by atoms with Crippen LogP contribution in [0.2, 0.25) is 0 Å². The number of carboxylic acid groups (broad SMARTS) is 1. The Morgan fingerprint density at radius 2 is 2.38 bits per heavy atom. The van der Waals surface area contributed by atoms with Gasteiger partial charge in [-0.25, -0.2) is 0 Å². The van der Waals surface area contributed by atoms with Crippen LogP contribution in [0.15, 0.2) is 18.3 Å². The lowest BCUT2D eigenvalue weighted by Gasteiger charge is -2.06. The highest BCUT2D eigenvalue weighted by atomic mass is 16.4. The summed E-state index contributed by atoms with van der Waals surface area (Å²) < 4.78 is 1.82. The molecule has 2 aromatic heterocycles. The van der Waals surface area contributed by atoms with Gasteiger partial charge in [0.1, 0.15) is 11.9 Å². The fourth-order valence-electron chi connectivity index (χ4n) is 1.53. The molecule has 2 rings (SSSR count). The monoisotopic (exact) mass is 220 g/mol. The van der Waals surface area contributed by atoms with Crippen LogP contribution in [0.1, 0.15) is 24.4 Å². The molecule has 0 aliphatic rings. The van der Waals surface area contributed by atoms with E-state index in [1.165, 1.54) is 0 Å². The molecule has 0 saturated carbocycles. The van der Waals surface area contributed by atoms with Crippen molar-refractivity contribution < 1.29 is 9.90 Å². The molecule has 16 heavy (non-hydrogen) atoms. The van der Waals surface area contributed by atoms with Gasteiger partial charge in [0, 0.05) is 12.6 Å². The SMILES string of the molecule is CCc1nnc2cc(C(N)C(=O)O)ccn12. The number of nitrogens with zero attached hydrogens (tertiary/aromatic N) is 3. The lowest BCUT2D eigenvalue weighted by atomic mass is 10.1. The molecule has 0 saturated heterocycles. The summed E-state index contributed by atoms with van der Waals surface area (Å²) >= 11 is 0. The molecule has 3 N–H and O–H groups in total. The smallest absolute Gasteiger partial charge is 0.325 e. The first-order valence-corrected chi connectivity index (χ1v) is 4.95. The normalized spacial score (nSPS) is 12.9. The van der Waals surface area contributed by atoms with Crippen molar-refractivity contribution in [1.29, 1.82) is 0 Å². The number of hydrogen-bond acceptors (Lipinski definition) is 4. The van der Waals surface area contributed by atoms with E-state index in [4.69, 9.17) is 10.8 Å². The number of nitrogens with two attached hydrogens (primary N) is 1. The molecule has 0 aliphatic carbocycles. The lowest BCUT2D eigenvalue weighted by molar-refractivity contribution is -0.138. The number of aromatic nitrogens is 3. The number of carboxylic acids is 1. The maximum Gasteiger partial charge on any atom is 0.325 e. The zero-order valence-electron chi connectivity index (χ0n) is 8.79. The number of rotatable bonds is 3. The molecule has 0 bridgehead atoms. The highest BCUT2D eigenvalue weighted by molar-refractivity contribution is 5.75. The van der Waals surface area contributed by atoms with Gasteiger partial charge in [-0.05, 0) is 17.7 Å². The van der Waals surface area contributed by atoms with Crippen molar-refractivity contribution in [3.8, 4) is 0 Å². The van der Waals surface area contributed by atoms with Gasteiger partial charge in [-0.1, -0.05) is 6.92 Å². The zero-order chi connectivity index (χ0) is 11.7. The summed E-state index contributed by atoms with van der Waals surface area (Å²) in [6.45, 7) is 1.98. The Morgan fingerprint density at radius 1 is 1.62 bits per heavy atom. The quantitative estimate of drug-likeness (QED) is 0.779. The fraction of sp³-hybridized carbons (Fsp3) is 0.300. The molecule has 2 aromatic rings. The number of aliphatic carboxylic acids is 1. The Kier molecular flexibility index (Phi) is 2.57. The van der Waals surface area contributed by atoms with Crippen LogP contribution in [-0.4, -0.2) is 25.7 Å². The molecule has 84 valence electrons. The second-order valence-corrected chi connectivity index (χ2v) is 3.47. The van der Waals surface area contributed by atoms with Crippen LogP contribution >= 0.6 is 0 Å². The van der Waals surface area contributed by atoms with Gasteiger partial charge in [-0.15, -0.1) is 10.2 Å². The average molecular weight is 220 g/mol. The van der Waals surface area contributed by atoms with Crippen molar-refractivity contribution in [3.63, 3.8) is 0 Å². The van der Waals surface area contributed by atoms with Crippen molar-refractivity contribution >= 4 is 11.6 Å². The second kappa shape index (κ2) is 3.90. The molecule has 0 amide bonds. The van der Waals surface area contributed by atoms with Crippen LogP contribution in [0.5, 0.6) is 0 Å². The van der Waals surface area contributed by atoms with Crippen molar-refractivity contribution in [2.45, 2.75) is 19.4 Å². The highest BCUT2D eigenvalue weighted by Crippen LogP contribution is 2.13. The van der Waals surface area contributed by atoms with E-state index in [0.717, 1.165) is 12.2 Å². The van der Waals surface area contributed by atoms with Crippen molar-refractivity contribution in [2.75, 3.05) is 0 Å². The fourth-order valence-corrected chi connectivity index (χ4v) is 1.53. The van der Waals surface area contributed by atoms with Gasteiger partial charge in [0.2, 0.25) is 0 Å². The Labute approximate surface area is 91.7 Å². The van der Waals surface area contributed by atoms with Crippen LogP contribution in [0.25, 0.3) is 5.65 Å². The Bertz CT molecular complexity index is 535. The Hall–Kier alpha value is -1.95. The molecule has 1 unspecified atom stereocenters. The van der Waals surface area contributed by atoms with E-state index in [1.54, 1.807) is 18.3 Å². The van der Waals surface area contributed by atoms with Crippen LogP contribution < -0.4 is 5.73 Å². The topological polar surface area (TPSA) is 93.5 Å². The van der Waals surface area contributed by atoms with E-state index in [1.807, 2.05) is 11.3 Å². The minimum Gasteiger partial charge on any atom is -0.480 e. The summed E-state index contributed by atoms with van der Waals surface area (Å²) in [6, 6.07) is 2.30. The summed E-state index contributed by atoms with van der Waals surface area (Å²) in [5.41, 5.74) is 6.65. The number of pyridine rings is 1. The van der Waals surface area contributed by atoms with E-state index in [2.05, 4.69) is 10.2 Å². The van der Waals surface area contributed by atoms with E-state index in [9.17, 15) is 4.79 Å². The maximum atomic E-state index is 10.7. The molecule has 0 spiro atoms. The molecule has 2 heterocycles. The number of aryl methyl sites for hydroxylation is 1. The summed E-state index contributed by atoms with van der Waals surface area (Å²) in [4.78, 5) is 10.7. The first-order chi connectivity index (χ1) is 7.63. The van der Waals surface area contributed by atoms with Crippen LogP contribution in [-0.2, 0) is 11.2 Å². The van der Waals surface area contributed by atoms with Gasteiger partial charge in [0.25, 0.3) is 0 Å². The van der Waals surface area contributed by atoms with Gasteiger partial charge in [0.05, 0.1) is 0 Å². The predicted octanol–water partition coefficient (Wildman–Crippen LogP) is 0.376. The minimum atomic E-state index is -1.06. The van der Waals surface area contributed by atoms with Crippen molar-refractivity contribution in [1.82, 2.24) is 14.6 Å². The number of hydrogen-bond donors (Lipinski definition) is 2. The van der Waals surface area contributed by atoms with E-state index < -0.39 is 12.0 Å². The predicted molar refractivity (Wildman–Crippen MR) is 56.9 cm³/mol. The molecule has 0 radical (unpaired) electrons. The van der Waals surface area contributed by atoms with Crippen LogP contribution in [0, 0.1) is 0 Å². The van der Waals surface area contributed by atoms with Gasteiger partial charge in [0.15, 0.2) is 5.65 Å². The molecule has 0 aliphatic heterocycles. The molecule has 0 fully saturated rings. The van der Waals surface area contributed by atoms with Gasteiger partial charge < -0.3 is 10.8 Å². The zero-order valence-corrected chi connectivity index (χ0v) is 8.79. The molecule has 6 nitrogen and oxygen atoms in total. The molecule has 0 aromatic carbocycles. The second-order valence-electron chi connectivity index (χ2n) is 3.47. The first kappa shape index (κ1) is 10.6. The van der Waals surface area contributed by atoms with Crippen molar-refractivity contribution in [3.05, 3.63) is 29.7 Å². The van der Waals surface area contributed by atoms with Gasteiger partial charge in [-0.3, -0.25) is 9.20 Å². The van der Waals surface area contributed by atoms with Gasteiger partial charge >= 0.3 is 5.97 Å². The Morgan fingerprint density at radius 3 is 3.00 bits per heavy atom. The minimum absolute atomic E-state index is 0.523. The summed E-state index contributed by atoms with van der Waals surface area (Å²) in [5.74, 6) is -0.218. The number of carbonyl (C=O) groups is 1. The molecule has 1 atom stereocenters. The average Bonchev–Trinajstić information content (AvgIpc) is 2.69. The summed E-state index contributed by atoms with van der Waals surface area (Å²) in [7, 11) is 0. The van der Waals surface area contributed by atoms with E-state index in [0.29, 0.717) is 11.2 Å². The van der Waals surface area contributed by atoms with Crippen molar-refractivity contribution in [2.24, 2.45) is 5.73 Å². The third kappa shape index (κ3) is 1.63.